The zero-order valence-electron chi connectivity index (χ0n) is 6.88. The highest BCUT2D eigenvalue weighted by molar-refractivity contribution is 7.33. The maximum atomic E-state index is 10.5. The van der Waals surface area contributed by atoms with Gasteiger partial charge in [-0.15, -0.1) is 0 Å². The van der Waals surface area contributed by atoms with Crippen molar-refractivity contribution in [3.05, 3.63) is 0 Å². The first kappa shape index (κ1) is 12.8. The molecule has 8 heteroatoms. The van der Waals surface area contributed by atoms with Crippen molar-refractivity contribution in [2.75, 3.05) is 0 Å². The van der Waals surface area contributed by atoms with E-state index in [9.17, 15) is 14.4 Å². The van der Waals surface area contributed by atoms with Crippen LogP contribution in [0.4, 0.5) is 0 Å². The lowest BCUT2D eigenvalue weighted by molar-refractivity contribution is -0.151. The monoisotopic (exact) mass is 224 g/mol. The quantitative estimate of drug-likeness (QED) is 0.434. The lowest BCUT2D eigenvalue weighted by Crippen LogP contribution is -2.33. The molecule has 0 saturated carbocycles. The first-order valence-electron chi connectivity index (χ1n) is 3.47. The summed E-state index contributed by atoms with van der Waals surface area (Å²) in [5.41, 5.74) is -1.57. The Balaban J connectivity index is 4.69. The van der Waals surface area contributed by atoms with Gasteiger partial charge in [0.1, 0.15) is 5.66 Å². The van der Waals surface area contributed by atoms with Crippen molar-refractivity contribution >= 4 is 26.7 Å². The summed E-state index contributed by atoms with van der Waals surface area (Å²) < 4.78 is 0. The van der Waals surface area contributed by atoms with E-state index >= 15 is 0 Å². The molecule has 0 heterocycles. The molecular weight excluding hydrogens is 215 g/mol. The highest BCUT2D eigenvalue weighted by Crippen LogP contribution is 2.25. The van der Waals surface area contributed by atoms with Crippen molar-refractivity contribution in [1.29, 1.82) is 0 Å². The fourth-order valence-corrected chi connectivity index (χ4v) is 1.40. The van der Waals surface area contributed by atoms with Crippen LogP contribution in [0.3, 0.4) is 0 Å². The summed E-state index contributed by atoms with van der Waals surface area (Å²) in [6.07, 6.45) is -0.820. The first-order valence-corrected chi connectivity index (χ1v) is 4.49. The van der Waals surface area contributed by atoms with E-state index < -0.39 is 44.7 Å². The summed E-state index contributed by atoms with van der Waals surface area (Å²) in [5.74, 6) is -6.07. The fourth-order valence-electron chi connectivity index (χ4n) is 0.853. The van der Waals surface area contributed by atoms with E-state index in [-0.39, 0.29) is 0 Å². The van der Waals surface area contributed by atoms with Crippen LogP contribution in [0.5, 0.6) is 0 Å². The number of hydrogen-bond acceptors (Lipinski definition) is 4. The zero-order chi connectivity index (χ0) is 11.3. The number of carboxylic acid groups (broad SMARTS) is 3. The van der Waals surface area contributed by atoms with E-state index in [1.807, 2.05) is 0 Å². The summed E-state index contributed by atoms with van der Waals surface area (Å²) in [7, 11) is -1.14. The van der Waals surface area contributed by atoms with Crippen LogP contribution >= 0.6 is 8.81 Å². The largest absolute Gasteiger partial charge is 0.481 e. The Kier molecular flexibility index (Phi) is 5.04. The average Bonchev–Trinajstić information content (AvgIpc) is 2.02. The van der Waals surface area contributed by atoms with Gasteiger partial charge < -0.3 is 20.2 Å². The van der Waals surface area contributed by atoms with Crippen LogP contribution in [0.2, 0.25) is 0 Å². The van der Waals surface area contributed by atoms with Crippen LogP contribution in [-0.4, -0.2) is 43.8 Å². The van der Waals surface area contributed by atoms with Crippen molar-refractivity contribution in [2.24, 2.45) is 5.92 Å². The maximum absolute atomic E-state index is 10.5. The Bertz CT molecular complexity index is 251. The fraction of sp³-hybridized carbons (Fsp3) is 0.500. The van der Waals surface area contributed by atoms with Gasteiger partial charge in [0.15, 0.2) is 0 Å². The van der Waals surface area contributed by atoms with Gasteiger partial charge in [-0.05, 0) is 0 Å². The van der Waals surface area contributed by atoms with E-state index in [4.69, 9.17) is 20.2 Å². The Labute approximate surface area is 80.2 Å². The highest BCUT2D eigenvalue weighted by atomic mass is 31.1. The molecule has 0 aliphatic heterocycles. The predicted octanol–water partition coefficient (Wildman–Crippen LogP) is -0.799. The van der Waals surface area contributed by atoms with Crippen LogP contribution < -0.4 is 0 Å². The van der Waals surface area contributed by atoms with Gasteiger partial charge in [0.05, 0.1) is 12.3 Å². The predicted molar refractivity (Wildman–Crippen MR) is 45.3 cm³/mol. The number of carbonyl (C=O) groups is 3. The molecule has 4 N–H and O–H groups in total. The molecule has 0 aliphatic rings. The van der Waals surface area contributed by atoms with Gasteiger partial charge in [-0.1, -0.05) is 0 Å². The molecule has 7 nitrogen and oxygen atoms in total. The highest BCUT2D eigenvalue weighted by Gasteiger charge is 2.35. The molecule has 0 aromatic carbocycles. The first-order chi connectivity index (χ1) is 6.40. The molecule has 0 aromatic heterocycles. The molecule has 0 fully saturated rings. The van der Waals surface area contributed by atoms with E-state index in [1.165, 1.54) is 0 Å². The number of carboxylic acids is 3. The summed E-state index contributed by atoms with van der Waals surface area (Å²) in [6.45, 7) is 0. The summed E-state index contributed by atoms with van der Waals surface area (Å²) in [6, 6.07) is 0. The molecule has 3 atom stereocenters. The van der Waals surface area contributed by atoms with Gasteiger partial charge in [0.2, 0.25) is 0 Å². The molecular formula is C6H9O7P. The number of hydrogen-bond donors (Lipinski definition) is 4. The molecule has 3 unspecified atom stereocenters. The second-order valence-corrected chi connectivity index (χ2v) is 3.37. The molecule has 14 heavy (non-hydrogen) atoms. The number of aliphatic carboxylic acids is 3. The third kappa shape index (κ3) is 3.68. The third-order valence-electron chi connectivity index (χ3n) is 1.52. The van der Waals surface area contributed by atoms with Gasteiger partial charge in [0.25, 0.3) is 0 Å². The lowest BCUT2D eigenvalue weighted by Gasteiger charge is -2.15. The Morgan fingerprint density at radius 2 is 1.57 bits per heavy atom. The Morgan fingerprint density at radius 3 is 1.79 bits per heavy atom. The van der Waals surface area contributed by atoms with Crippen LogP contribution in [0.15, 0.2) is 0 Å². The average molecular weight is 224 g/mol. The molecule has 0 rings (SSSR count). The van der Waals surface area contributed by atoms with Crippen LogP contribution in [-0.2, 0) is 14.4 Å². The Morgan fingerprint density at radius 1 is 1.07 bits per heavy atom. The van der Waals surface area contributed by atoms with Gasteiger partial charge in [-0.25, -0.2) is 0 Å². The smallest absolute Gasteiger partial charge is 0.313 e. The van der Waals surface area contributed by atoms with Crippen LogP contribution in [0, 0.1) is 5.92 Å². The molecule has 0 spiro atoms. The summed E-state index contributed by atoms with van der Waals surface area (Å²) in [5, 5.41) is 25.4. The minimum absolute atomic E-state index is 0.820. The van der Waals surface area contributed by atoms with Crippen molar-refractivity contribution in [3.8, 4) is 0 Å². The van der Waals surface area contributed by atoms with Gasteiger partial charge >= 0.3 is 17.9 Å². The topological polar surface area (TPSA) is 132 Å². The van der Waals surface area contributed by atoms with Gasteiger partial charge in [-0.2, -0.15) is 0 Å². The molecule has 0 saturated heterocycles. The molecule has 0 aliphatic carbocycles. The summed E-state index contributed by atoms with van der Waals surface area (Å²) in [4.78, 5) is 39.8. The molecule has 0 amide bonds. The standard InChI is InChI=1S/C6H9O7P/c7-3(8)1-2(5(9)10)4(14-13)6(11)12/h2,4,13-14H,1H2,(H,7,8)(H,9,10)(H,11,12). The summed E-state index contributed by atoms with van der Waals surface area (Å²) >= 11 is 0. The molecule has 0 aromatic rings. The van der Waals surface area contributed by atoms with Crippen molar-refractivity contribution in [1.82, 2.24) is 0 Å². The third-order valence-corrected chi connectivity index (χ3v) is 2.45. The van der Waals surface area contributed by atoms with E-state index in [0.29, 0.717) is 0 Å². The van der Waals surface area contributed by atoms with E-state index in [0.717, 1.165) is 0 Å². The maximum Gasteiger partial charge on any atom is 0.313 e. The normalized spacial score (nSPS) is 15.2. The van der Waals surface area contributed by atoms with Crippen molar-refractivity contribution < 1.29 is 34.6 Å². The van der Waals surface area contributed by atoms with E-state index in [1.54, 1.807) is 0 Å². The number of rotatable bonds is 6. The second kappa shape index (κ2) is 5.51. The Hall–Kier alpha value is -1.20. The minimum atomic E-state index is -1.60. The van der Waals surface area contributed by atoms with Crippen molar-refractivity contribution in [2.45, 2.75) is 12.1 Å². The van der Waals surface area contributed by atoms with Crippen LogP contribution in [0.25, 0.3) is 0 Å². The lowest BCUT2D eigenvalue weighted by atomic mass is 10.0. The molecule has 0 bridgehead atoms. The molecule has 80 valence electrons. The zero-order valence-corrected chi connectivity index (χ0v) is 7.88. The SMILES string of the molecule is O=C(O)CC(C(=O)O)C(PO)C(=O)O. The van der Waals surface area contributed by atoms with E-state index in [2.05, 4.69) is 0 Å². The van der Waals surface area contributed by atoms with Gasteiger partial charge in [-0.3, -0.25) is 14.4 Å². The van der Waals surface area contributed by atoms with Crippen molar-refractivity contribution in [3.63, 3.8) is 0 Å². The van der Waals surface area contributed by atoms with Crippen LogP contribution in [0.1, 0.15) is 6.42 Å². The molecule has 0 radical (unpaired) electrons. The second-order valence-electron chi connectivity index (χ2n) is 2.49. The minimum Gasteiger partial charge on any atom is -0.481 e. The van der Waals surface area contributed by atoms with Gasteiger partial charge in [0, 0.05) is 8.81 Å².